The van der Waals surface area contributed by atoms with Gasteiger partial charge in [0.1, 0.15) is 12.2 Å². The zero-order valence-corrected chi connectivity index (χ0v) is 19.6. The summed E-state index contributed by atoms with van der Waals surface area (Å²) in [7, 11) is 1.68. The number of nitrogens with zero attached hydrogens (tertiary/aromatic N) is 4. The van der Waals surface area contributed by atoms with Crippen LogP contribution >= 0.6 is 0 Å². The maximum atomic E-state index is 13.2. The van der Waals surface area contributed by atoms with Crippen LogP contribution < -0.4 is 9.47 Å². The van der Waals surface area contributed by atoms with Crippen molar-refractivity contribution in [2.75, 3.05) is 33.3 Å². The first-order valence-corrected chi connectivity index (χ1v) is 11.3. The van der Waals surface area contributed by atoms with Crippen LogP contribution in [-0.4, -0.2) is 65.0 Å². The third-order valence-corrected chi connectivity index (χ3v) is 5.40. The minimum Gasteiger partial charge on any atom is -0.488 e. The highest BCUT2D eigenvalue weighted by atomic mass is 16.5. The normalized spacial score (nSPS) is 14.8. The van der Waals surface area contributed by atoms with Gasteiger partial charge in [0, 0.05) is 32.4 Å². The molecule has 0 saturated carbocycles. The largest absolute Gasteiger partial charge is 0.488 e. The monoisotopic (exact) mass is 464 g/mol. The fourth-order valence-corrected chi connectivity index (χ4v) is 3.63. The van der Waals surface area contributed by atoms with Gasteiger partial charge < -0.3 is 23.8 Å². The molecule has 178 valence electrons. The number of hydrogen-bond donors (Lipinski definition) is 0. The minimum absolute atomic E-state index is 0.173. The molecule has 0 unspecified atom stereocenters. The molecule has 3 heterocycles. The van der Waals surface area contributed by atoms with Crippen LogP contribution in [0, 0.1) is 5.92 Å². The van der Waals surface area contributed by atoms with Crippen LogP contribution in [0.2, 0.25) is 0 Å². The second-order valence-electron chi connectivity index (χ2n) is 8.55. The van der Waals surface area contributed by atoms with Gasteiger partial charge >= 0.3 is 0 Å². The van der Waals surface area contributed by atoms with Crippen LogP contribution in [0.1, 0.15) is 40.5 Å². The Morgan fingerprint density at radius 2 is 1.88 bits per heavy atom. The Morgan fingerprint density at radius 3 is 2.68 bits per heavy atom. The SMILES string of the molecule is CC(C)Cc1cc(C(=O)N2CCOc3ccccc3Oc3ncccc3C(=O)N(C)CC2)on1. The molecular weight excluding hydrogens is 436 g/mol. The predicted molar refractivity (Wildman–Crippen MR) is 124 cm³/mol. The molecule has 0 spiro atoms. The first-order valence-electron chi connectivity index (χ1n) is 11.3. The molecule has 4 rings (SSSR count). The highest BCUT2D eigenvalue weighted by Gasteiger charge is 2.25. The maximum absolute atomic E-state index is 13.2. The van der Waals surface area contributed by atoms with Crippen molar-refractivity contribution in [3.63, 3.8) is 0 Å². The molecule has 0 aliphatic carbocycles. The number of para-hydroxylation sites is 2. The van der Waals surface area contributed by atoms with Crippen molar-refractivity contribution in [2.45, 2.75) is 20.3 Å². The Hall–Kier alpha value is -3.88. The van der Waals surface area contributed by atoms with Gasteiger partial charge in [-0.25, -0.2) is 4.98 Å². The van der Waals surface area contributed by atoms with Crippen LogP contribution in [0.4, 0.5) is 0 Å². The van der Waals surface area contributed by atoms with Crippen molar-refractivity contribution in [1.29, 1.82) is 0 Å². The number of pyridine rings is 1. The number of carbonyl (C=O) groups is 2. The number of likely N-dealkylation sites (N-methyl/N-ethyl adjacent to an activating group) is 1. The molecule has 0 radical (unpaired) electrons. The first-order chi connectivity index (χ1) is 16.4. The van der Waals surface area contributed by atoms with Crippen molar-refractivity contribution in [1.82, 2.24) is 19.9 Å². The van der Waals surface area contributed by atoms with E-state index in [1.165, 1.54) is 0 Å². The standard InChI is InChI=1S/C25H28N4O5/c1-17(2)15-18-16-22(34-27-18)25(31)29-12-11-28(3)24(30)19-7-6-10-26-23(19)33-21-9-5-4-8-20(21)32-14-13-29/h4-10,16-17H,11-15H2,1-3H3. The number of ether oxygens (including phenoxy) is 2. The molecule has 3 aromatic rings. The minimum atomic E-state index is -0.298. The highest BCUT2D eigenvalue weighted by molar-refractivity contribution is 5.96. The molecule has 1 aromatic carbocycles. The number of benzene rings is 1. The second kappa shape index (κ2) is 10.4. The summed E-state index contributed by atoms with van der Waals surface area (Å²) in [5, 5.41) is 4.03. The highest BCUT2D eigenvalue weighted by Crippen LogP contribution is 2.32. The van der Waals surface area contributed by atoms with Gasteiger partial charge in [-0.3, -0.25) is 9.59 Å². The summed E-state index contributed by atoms with van der Waals surface area (Å²) in [4.78, 5) is 33.8. The molecule has 1 aliphatic heterocycles. The molecule has 2 aromatic heterocycles. The molecule has 0 N–H and O–H groups in total. The molecule has 0 atom stereocenters. The van der Waals surface area contributed by atoms with Crippen molar-refractivity contribution in [3.8, 4) is 17.4 Å². The van der Waals surface area contributed by atoms with Crippen LogP contribution in [0.15, 0.2) is 53.2 Å². The Bertz CT molecular complexity index is 1160. The number of rotatable bonds is 3. The quantitative estimate of drug-likeness (QED) is 0.583. The molecule has 1 aliphatic rings. The van der Waals surface area contributed by atoms with Crippen molar-refractivity contribution >= 4 is 11.8 Å². The average molecular weight is 465 g/mol. The van der Waals surface area contributed by atoms with Crippen LogP contribution in [-0.2, 0) is 6.42 Å². The second-order valence-corrected chi connectivity index (χ2v) is 8.55. The molecule has 0 bridgehead atoms. The van der Waals surface area contributed by atoms with Gasteiger partial charge in [-0.05, 0) is 36.6 Å². The Morgan fingerprint density at radius 1 is 1.09 bits per heavy atom. The summed E-state index contributed by atoms with van der Waals surface area (Å²) in [5.41, 5.74) is 1.06. The van der Waals surface area contributed by atoms with Crippen LogP contribution in [0.3, 0.4) is 0 Å². The summed E-state index contributed by atoms with van der Waals surface area (Å²) >= 11 is 0. The lowest BCUT2D eigenvalue weighted by molar-refractivity contribution is 0.0639. The average Bonchev–Trinajstić information content (AvgIpc) is 3.29. The topological polar surface area (TPSA) is 98.0 Å². The van der Waals surface area contributed by atoms with E-state index in [1.807, 2.05) is 12.1 Å². The zero-order valence-electron chi connectivity index (χ0n) is 19.6. The summed E-state index contributed by atoms with van der Waals surface area (Å²) in [6, 6.07) is 12.2. The summed E-state index contributed by atoms with van der Waals surface area (Å²) in [6.07, 6.45) is 2.29. The van der Waals surface area contributed by atoms with Crippen LogP contribution in [0.5, 0.6) is 17.4 Å². The van der Waals surface area contributed by atoms with E-state index in [0.29, 0.717) is 42.6 Å². The summed E-state index contributed by atoms with van der Waals surface area (Å²) < 4.78 is 17.3. The fraction of sp³-hybridized carbons (Fsp3) is 0.360. The van der Waals surface area contributed by atoms with Gasteiger partial charge in [-0.1, -0.05) is 31.1 Å². The maximum Gasteiger partial charge on any atom is 0.292 e. The molecule has 9 heteroatoms. The van der Waals surface area contributed by atoms with Gasteiger partial charge in [0.25, 0.3) is 11.8 Å². The Kier molecular flexibility index (Phi) is 7.10. The van der Waals surface area contributed by atoms with Gasteiger partial charge in [0.2, 0.25) is 11.6 Å². The molecular formula is C25H28N4O5. The molecule has 9 nitrogen and oxygen atoms in total. The van der Waals surface area contributed by atoms with Gasteiger partial charge in [0.05, 0.1) is 12.2 Å². The lowest BCUT2D eigenvalue weighted by atomic mass is 10.1. The lowest BCUT2D eigenvalue weighted by Gasteiger charge is -2.25. The van der Waals surface area contributed by atoms with Gasteiger partial charge in [-0.2, -0.15) is 0 Å². The fourth-order valence-electron chi connectivity index (χ4n) is 3.63. The third-order valence-electron chi connectivity index (χ3n) is 5.40. The molecule has 34 heavy (non-hydrogen) atoms. The van der Waals surface area contributed by atoms with E-state index in [1.54, 1.807) is 53.4 Å². The van der Waals surface area contributed by atoms with Crippen molar-refractivity contribution < 1.29 is 23.6 Å². The van der Waals surface area contributed by atoms with Gasteiger partial charge in [-0.15, -0.1) is 0 Å². The van der Waals surface area contributed by atoms with Crippen molar-refractivity contribution in [3.05, 3.63) is 65.7 Å². The van der Waals surface area contributed by atoms with E-state index in [2.05, 4.69) is 24.0 Å². The number of aromatic nitrogens is 2. The van der Waals surface area contributed by atoms with Crippen molar-refractivity contribution in [2.24, 2.45) is 5.92 Å². The number of fused-ring (bicyclic) bond motifs is 2. The van der Waals surface area contributed by atoms with Gasteiger partial charge in [0.15, 0.2) is 11.5 Å². The van der Waals surface area contributed by atoms with E-state index in [0.717, 1.165) is 12.1 Å². The van der Waals surface area contributed by atoms with E-state index in [4.69, 9.17) is 14.0 Å². The number of carbonyl (C=O) groups excluding carboxylic acids is 2. The molecule has 0 saturated heterocycles. The van der Waals surface area contributed by atoms with E-state index in [-0.39, 0.29) is 30.1 Å². The number of amides is 2. The summed E-state index contributed by atoms with van der Waals surface area (Å²) in [5.74, 6) is 1.13. The zero-order chi connectivity index (χ0) is 24.1. The van der Waals surface area contributed by atoms with E-state index in [9.17, 15) is 9.59 Å². The first kappa shape index (κ1) is 23.3. The summed E-state index contributed by atoms with van der Waals surface area (Å²) in [6.45, 7) is 5.27. The molecule has 2 amide bonds. The van der Waals surface area contributed by atoms with Crippen LogP contribution in [0.25, 0.3) is 0 Å². The lowest BCUT2D eigenvalue weighted by Crippen LogP contribution is -2.41. The Balaban J connectivity index is 1.61. The van der Waals surface area contributed by atoms with E-state index < -0.39 is 0 Å². The molecule has 0 fully saturated rings. The predicted octanol–water partition coefficient (Wildman–Crippen LogP) is 3.67. The number of hydrogen-bond acceptors (Lipinski definition) is 7. The smallest absolute Gasteiger partial charge is 0.292 e. The Labute approximate surface area is 198 Å². The third kappa shape index (κ3) is 5.36. The van der Waals surface area contributed by atoms with E-state index >= 15 is 0 Å².